The number of aromatic nitrogens is 1. The minimum absolute atomic E-state index is 0. The van der Waals surface area contributed by atoms with Crippen molar-refractivity contribution in [3.8, 4) is 0 Å². The third kappa shape index (κ3) is 5.86. The minimum Gasteiger partial charge on any atom is -0.443 e. The Kier molecular flexibility index (Phi) is 7.79. The maximum Gasteiger partial charge on any atom is 0.216 e. The second-order valence-electron chi connectivity index (χ2n) is 8.61. The van der Waals surface area contributed by atoms with Gasteiger partial charge in [-0.25, -0.2) is 9.98 Å². The highest BCUT2D eigenvalue weighted by Crippen LogP contribution is 2.44. The number of rotatable bonds is 5. The highest BCUT2D eigenvalue weighted by atomic mass is 127. The first-order valence-electron chi connectivity index (χ1n) is 9.97. The predicted molar refractivity (Wildman–Crippen MR) is 117 cm³/mol. The summed E-state index contributed by atoms with van der Waals surface area (Å²) in [7, 11) is 0. The SMILES string of the molecule is CCNC(=NCc1ncc(C(C)(C)C)o1)NC1CC1C1CCCCC1.I. The highest BCUT2D eigenvalue weighted by Gasteiger charge is 2.43. The molecule has 2 aliphatic carbocycles. The molecule has 0 spiro atoms. The van der Waals surface area contributed by atoms with E-state index in [0.29, 0.717) is 18.5 Å². The van der Waals surface area contributed by atoms with Crippen molar-refractivity contribution in [2.24, 2.45) is 16.8 Å². The summed E-state index contributed by atoms with van der Waals surface area (Å²) >= 11 is 0. The molecule has 0 bridgehead atoms. The maximum atomic E-state index is 5.84. The van der Waals surface area contributed by atoms with Crippen LogP contribution < -0.4 is 10.6 Å². The van der Waals surface area contributed by atoms with E-state index in [1.807, 2.05) is 6.20 Å². The molecule has 148 valence electrons. The monoisotopic (exact) mass is 474 g/mol. The fraction of sp³-hybridized carbons (Fsp3) is 0.800. The number of halogens is 1. The van der Waals surface area contributed by atoms with Crippen LogP contribution in [0.1, 0.15) is 77.9 Å². The highest BCUT2D eigenvalue weighted by molar-refractivity contribution is 14.0. The van der Waals surface area contributed by atoms with E-state index in [0.717, 1.165) is 30.1 Å². The standard InChI is InChI=1S/C20H34N4O.HI/c1-5-21-19(23-13-18-22-12-17(25-18)20(2,3)4)24-16-11-15(16)14-9-7-6-8-10-14;/h12,14-16H,5-11,13H2,1-4H3,(H2,21,23,24);1H. The van der Waals surface area contributed by atoms with Crippen molar-refractivity contribution in [1.29, 1.82) is 0 Å². The van der Waals surface area contributed by atoms with Crippen LogP contribution in [0.3, 0.4) is 0 Å². The number of aliphatic imine (C=N–C) groups is 1. The Morgan fingerprint density at radius 2 is 2.00 bits per heavy atom. The summed E-state index contributed by atoms with van der Waals surface area (Å²) in [5.41, 5.74) is -0.0149. The summed E-state index contributed by atoms with van der Waals surface area (Å²) in [6.07, 6.45) is 10.2. The van der Waals surface area contributed by atoms with Gasteiger partial charge in [0.2, 0.25) is 5.89 Å². The van der Waals surface area contributed by atoms with Crippen LogP contribution in [0.15, 0.2) is 15.6 Å². The Hall–Kier alpha value is -0.790. The molecule has 2 aliphatic rings. The Balaban J connectivity index is 0.00000243. The molecule has 26 heavy (non-hydrogen) atoms. The molecule has 1 aromatic rings. The molecule has 0 aliphatic heterocycles. The van der Waals surface area contributed by atoms with Gasteiger partial charge >= 0.3 is 0 Å². The second-order valence-corrected chi connectivity index (χ2v) is 8.61. The van der Waals surface area contributed by atoms with Crippen molar-refractivity contribution in [3.05, 3.63) is 17.8 Å². The van der Waals surface area contributed by atoms with Gasteiger partial charge < -0.3 is 15.1 Å². The molecule has 2 fully saturated rings. The molecule has 2 N–H and O–H groups in total. The molecule has 0 amide bonds. The molecule has 0 radical (unpaired) electrons. The lowest BCUT2D eigenvalue weighted by Gasteiger charge is -2.22. The zero-order valence-corrected chi connectivity index (χ0v) is 19.0. The number of hydrogen-bond acceptors (Lipinski definition) is 3. The van der Waals surface area contributed by atoms with Gasteiger partial charge in [0.25, 0.3) is 0 Å². The normalized spacial score (nSPS) is 24.1. The summed E-state index contributed by atoms with van der Waals surface area (Å²) in [4.78, 5) is 9.05. The molecule has 5 nitrogen and oxygen atoms in total. The van der Waals surface area contributed by atoms with Gasteiger partial charge in [-0.05, 0) is 25.2 Å². The topological polar surface area (TPSA) is 62.5 Å². The molecular weight excluding hydrogens is 439 g/mol. The molecule has 0 saturated heterocycles. The average molecular weight is 474 g/mol. The van der Waals surface area contributed by atoms with E-state index >= 15 is 0 Å². The third-order valence-electron chi connectivity index (χ3n) is 5.43. The van der Waals surface area contributed by atoms with Crippen LogP contribution in [0, 0.1) is 11.8 Å². The largest absolute Gasteiger partial charge is 0.443 e. The van der Waals surface area contributed by atoms with E-state index in [4.69, 9.17) is 4.42 Å². The van der Waals surface area contributed by atoms with Gasteiger partial charge in [0, 0.05) is 18.0 Å². The molecule has 1 heterocycles. The quantitative estimate of drug-likeness (QED) is 0.372. The van der Waals surface area contributed by atoms with Crippen LogP contribution in [0.2, 0.25) is 0 Å². The van der Waals surface area contributed by atoms with Gasteiger partial charge in [0.05, 0.1) is 6.20 Å². The van der Waals surface area contributed by atoms with Gasteiger partial charge in [-0.15, -0.1) is 24.0 Å². The lowest BCUT2D eigenvalue weighted by molar-refractivity contribution is 0.315. The van der Waals surface area contributed by atoms with Crippen LogP contribution in [-0.2, 0) is 12.0 Å². The maximum absolute atomic E-state index is 5.84. The summed E-state index contributed by atoms with van der Waals surface area (Å²) < 4.78 is 5.84. The van der Waals surface area contributed by atoms with Crippen LogP contribution in [0.25, 0.3) is 0 Å². The lowest BCUT2D eigenvalue weighted by atomic mass is 9.85. The molecule has 3 rings (SSSR count). The van der Waals surface area contributed by atoms with Crippen molar-refractivity contribution < 1.29 is 4.42 Å². The zero-order valence-electron chi connectivity index (χ0n) is 16.7. The van der Waals surface area contributed by atoms with Crippen molar-refractivity contribution in [1.82, 2.24) is 15.6 Å². The first-order chi connectivity index (χ1) is 12.0. The molecule has 0 aromatic carbocycles. The number of nitrogens with one attached hydrogen (secondary N) is 2. The smallest absolute Gasteiger partial charge is 0.216 e. The number of nitrogens with zero attached hydrogens (tertiary/aromatic N) is 2. The van der Waals surface area contributed by atoms with Crippen LogP contribution in [0.4, 0.5) is 0 Å². The van der Waals surface area contributed by atoms with Gasteiger partial charge in [0.15, 0.2) is 5.96 Å². The van der Waals surface area contributed by atoms with Gasteiger partial charge in [-0.2, -0.15) is 0 Å². The molecular formula is C20H35IN4O. The molecule has 6 heteroatoms. The summed E-state index contributed by atoms with van der Waals surface area (Å²) in [6.45, 7) is 9.84. The number of guanidine groups is 1. The fourth-order valence-electron chi connectivity index (χ4n) is 3.84. The van der Waals surface area contributed by atoms with Gasteiger partial charge in [-0.3, -0.25) is 0 Å². The first-order valence-corrected chi connectivity index (χ1v) is 9.97. The number of hydrogen-bond donors (Lipinski definition) is 2. The Bertz CT molecular complexity index is 587. The Morgan fingerprint density at radius 3 is 2.62 bits per heavy atom. The Morgan fingerprint density at radius 1 is 1.27 bits per heavy atom. The summed E-state index contributed by atoms with van der Waals surface area (Å²) in [6, 6.07) is 0.593. The van der Waals surface area contributed by atoms with Gasteiger partial charge in [0.1, 0.15) is 12.3 Å². The third-order valence-corrected chi connectivity index (χ3v) is 5.43. The predicted octanol–water partition coefficient (Wildman–Crippen LogP) is 4.61. The minimum atomic E-state index is -0.0149. The molecule has 1 aromatic heterocycles. The van der Waals surface area contributed by atoms with E-state index in [9.17, 15) is 0 Å². The molecule has 2 atom stereocenters. The van der Waals surface area contributed by atoms with Gasteiger partial charge in [-0.1, -0.05) is 52.9 Å². The first kappa shape index (κ1) is 21.5. The van der Waals surface area contributed by atoms with E-state index in [1.54, 1.807) is 0 Å². The zero-order chi connectivity index (χ0) is 17.9. The van der Waals surface area contributed by atoms with E-state index < -0.39 is 0 Å². The van der Waals surface area contributed by atoms with Crippen molar-refractivity contribution >= 4 is 29.9 Å². The summed E-state index contributed by atoms with van der Waals surface area (Å²) in [5.74, 6) is 4.26. The molecule has 2 unspecified atom stereocenters. The number of oxazole rings is 1. The van der Waals surface area contributed by atoms with Crippen LogP contribution >= 0.6 is 24.0 Å². The molecule has 2 saturated carbocycles. The average Bonchev–Trinajstić information content (AvgIpc) is 3.16. The van der Waals surface area contributed by atoms with Crippen molar-refractivity contribution in [2.45, 2.75) is 84.2 Å². The van der Waals surface area contributed by atoms with Crippen molar-refractivity contribution in [3.63, 3.8) is 0 Å². The van der Waals surface area contributed by atoms with Crippen molar-refractivity contribution in [2.75, 3.05) is 6.54 Å². The lowest BCUT2D eigenvalue weighted by Crippen LogP contribution is -2.39. The van der Waals surface area contributed by atoms with E-state index in [2.05, 4.69) is 48.3 Å². The second kappa shape index (κ2) is 9.42. The van der Waals surface area contributed by atoms with Crippen LogP contribution in [0.5, 0.6) is 0 Å². The summed E-state index contributed by atoms with van der Waals surface area (Å²) in [5, 5.41) is 6.97. The van der Waals surface area contributed by atoms with Crippen LogP contribution in [-0.4, -0.2) is 23.5 Å². The Labute approximate surface area is 175 Å². The fourth-order valence-corrected chi connectivity index (χ4v) is 3.84. The van der Waals surface area contributed by atoms with E-state index in [1.165, 1.54) is 38.5 Å². The van der Waals surface area contributed by atoms with E-state index in [-0.39, 0.29) is 29.4 Å².